The molecule has 0 bridgehead atoms. The number of hydrogen-bond acceptors (Lipinski definition) is 5. The molecule has 0 N–H and O–H groups in total. The van der Waals surface area contributed by atoms with E-state index in [2.05, 4.69) is 9.88 Å². The van der Waals surface area contributed by atoms with Crippen molar-refractivity contribution in [1.29, 1.82) is 0 Å². The van der Waals surface area contributed by atoms with Crippen molar-refractivity contribution in [3.8, 4) is 5.75 Å². The van der Waals surface area contributed by atoms with Crippen LogP contribution < -0.4 is 4.74 Å². The first-order valence-electron chi connectivity index (χ1n) is 9.88. The van der Waals surface area contributed by atoms with Crippen LogP contribution >= 0.6 is 0 Å². The topological polar surface area (TPSA) is 58.8 Å². The van der Waals surface area contributed by atoms with E-state index in [4.69, 9.17) is 9.15 Å². The number of carbonyl (C=O) groups is 1. The van der Waals surface area contributed by atoms with E-state index in [0.29, 0.717) is 5.91 Å². The molecule has 2 fully saturated rings. The summed E-state index contributed by atoms with van der Waals surface area (Å²) in [7, 11) is 0. The molecule has 1 amide bonds. The van der Waals surface area contributed by atoms with Crippen molar-refractivity contribution in [3.05, 3.63) is 48.7 Å². The number of furan rings is 1. The lowest BCUT2D eigenvalue weighted by Gasteiger charge is -2.37. The van der Waals surface area contributed by atoms with E-state index in [1.165, 1.54) is 0 Å². The number of piperidine rings is 2. The van der Waals surface area contributed by atoms with Crippen LogP contribution in [0.3, 0.4) is 0 Å². The van der Waals surface area contributed by atoms with Crippen LogP contribution in [0.4, 0.5) is 0 Å². The van der Waals surface area contributed by atoms with Gasteiger partial charge in [-0.3, -0.25) is 14.7 Å². The molecule has 144 valence electrons. The van der Waals surface area contributed by atoms with Gasteiger partial charge in [0, 0.05) is 44.9 Å². The average molecular weight is 369 g/mol. The molecule has 2 aromatic rings. The molecule has 1 atom stereocenters. The Kier molecular flexibility index (Phi) is 5.72. The maximum atomic E-state index is 13.0. The molecule has 4 rings (SSSR count). The minimum absolute atomic E-state index is 0.103. The summed E-state index contributed by atoms with van der Waals surface area (Å²) >= 11 is 0. The monoisotopic (exact) mass is 369 g/mol. The van der Waals surface area contributed by atoms with Crippen molar-refractivity contribution in [3.63, 3.8) is 0 Å². The molecule has 6 nitrogen and oxygen atoms in total. The first-order chi connectivity index (χ1) is 13.3. The number of rotatable bonds is 5. The fourth-order valence-electron chi connectivity index (χ4n) is 4.09. The van der Waals surface area contributed by atoms with Gasteiger partial charge in [-0.1, -0.05) is 0 Å². The highest BCUT2D eigenvalue weighted by molar-refractivity contribution is 5.79. The maximum Gasteiger partial charge on any atom is 0.226 e. The summed E-state index contributed by atoms with van der Waals surface area (Å²) in [5.74, 6) is 2.24. The zero-order valence-corrected chi connectivity index (χ0v) is 15.6. The number of nitrogens with zero attached hydrogens (tertiary/aromatic N) is 3. The van der Waals surface area contributed by atoms with E-state index in [1.54, 1.807) is 18.7 Å². The van der Waals surface area contributed by atoms with E-state index in [-0.39, 0.29) is 12.0 Å². The molecule has 2 aliphatic heterocycles. The van der Waals surface area contributed by atoms with Crippen molar-refractivity contribution in [2.45, 2.75) is 38.3 Å². The minimum Gasteiger partial charge on any atom is -0.490 e. The summed E-state index contributed by atoms with van der Waals surface area (Å²) in [6.45, 7) is 4.21. The second-order valence-corrected chi connectivity index (χ2v) is 7.48. The minimum atomic E-state index is 0.103. The van der Waals surface area contributed by atoms with Gasteiger partial charge in [-0.05, 0) is 43.7 Å². The van der Waals surface area contributed by atoms with Gasteiger partial charge in [0.2, 0.25) is 5.91 Å². The number of hydrogen-bond donors (Lipinski definition) is 0. The second kappa shape index (κ2) is 8.57. The van der Waals surface area contributed by atoms with Crippen LogP contribution in [0.15, 0.2) is 47.3 Å². The Hall–Kier alpha value is -2.34. The number of pyridine rings is 1. The third-order valence-electron chi connectivity index (χ3n) is 5.52. The lowest BCUT2D eigenvalue weighted by Crippen LogP contribution is -2.48. The zero-order valence-electron chi connectivity index (χ0n) is 15.6. The van der Waals surface area contributed by atoms with Gasteiger partial charge in [0.15, 0.2) is 0 Å². The number of likely N-dealkylation sites (tertiary alicyclic amines) is 2. The standard InChI is InChI=1S/C21H27N3O3/c25-21(17-3-1-11-23(15-17)16-20-4-2-14-26-20)24-12-7-19(8-13-24)27-18-5-9-22-10-6-18/h2,4-6,9-10,14,17,19H,1,3,7-8,11-13,15-16H2/t17-/m1/s1. The van der Waals surface area contributed by atoms with E-state index >= 15 is 0 Å². The molecular formula is C21H27N3O3. The van der Waals surface area contributed by atoms with Crippen molar-refractivity contribution < 1.29 is 13.9 Å². The molecule has 0 unspecified atom stereocenters. The smallest absolute Gasteiger partial charge is 0.226 e. The number of carbonyl (C=O) groups excluding carboxylic acids is 1. The van der Waals surface area contributed by atoms with E-state index in [0.717, 1.165) is 69.9 Å². The molecule has 27 heavy (non-hydrogen) atoms. The molecule has 4 heterocycles. The third kappa shape index (κ3) is 4.69. The van der Waals surface area contributed by atoms with Crippen LogP contribution in [0.2, 0.25) is 0 Å². The van der Waals surface area contributed by atoms with E-state index in [1.807, 2.05) is 29.2 Å². The summed E-state index contributed by atoms with van der Waals surface area (Å²) in [5.41, 5.74) is 0. The van der Waals surface area contributed by atoms with Gasteiger partial charge in [0.25, 0.3) is 0 Å². The molecule has 2 aliphatic rings. The fourth-order valence-corrected chi connectivity index (χ4v) is 4.09. The largest absolute Gasteiger partial charge is 0.490 e. The third-order valence-corrected chi connectivity index (χ3v) is 5.52. The lowest BCUT2D eigenvalue weighted by atomic mass is 9.95. The summed E-state index contributed by atoms with van der Waals surface area (Å²) in [6, 6.07) is 7.68. The molecule has 6 heteroatoms. The first-order valence-corrected chi connectivity index (χ1v) is 9.88. The summed E-state index contributed by atoms with van der Waals surface area (Å²) in [4.78, 5) is 21.4. The molecule has 0 aliphatic carbocycles. The van der Waals surface area contributed by atoms with E-state index < -0.39 is 0 Å². The van der Waals surface area contributed by atoms with Gasteiger partial charge in [-0.15, -0.1) is 0 Å². The number of amides is 1. The highest BCUT2D eigenvalue weighted by atomic mass is 16.5. The molecule has 0 saturated carbocycles. The average Bonchev–Trinajstić information content (AvgIpc) is 3.22. The van der Waals surface area contributed by atoms with Gasteiger partial charge in [-0.25, -0.2) is 0 Å². The molecule has 2 aromatic heterocycles. The maximum absolute atomic E-state index is 13.0. The van der Waals surface area contributed by atoms with Crippen molar-refractivity contribution >= 4 is 5.91 Å². The Morgan fingerprint density at radius 2 is 1.96 bits per heavy atom. The predicted octanol–water partition coefficient (Wildman–Crippen LogP) is 2.96. The van der Waals surface area contributed by atoms with Crippen LogP contribution in [0.5, 0.6) is 5.75 Å². The van der Waals surface area contributed by atoms with Crippen LogP contribution in [-0.4, -0.2) is 53.0 Å². The number of aromatic nitrogens is 1. The van der Waals surface area contributed by atoms with Crippen LogP contribution in [0.1, 0.15) is 31.4 Å². The van der Waals surface area contributed by atoms with Gasteiger partial charge >= 0.3 is 0 Å². The molecule has 0 radical (unpaired) electrons. The van der Waals surface area contributed by atoms with Crippen LogP contribution in [0, 0.1) is 5.92 Å². The first kappa shape index (κ1) is 18.0. The van der Waals surface area contributed by atoms with Gasteiger partial charge < -0.3 is 14.1 Å². The summed E-state index contributed by atoms with van der Waals surface area (Å²) in [6.07, 6.45) is 9.20. The molecule has 2 saturated heterocycles. The van der Waals surface area contributed by atoms with Crippen LogP contribution in [-0.2, 0) is 11.3 Å². The second-order valence-electron chi connectivity index (χ2n) is 7.48. The molecular weight excluding hydrogens is 342 g/mol. The Labute approximate surface area is 160 Å². The van der Waals surface area contributed by atoms with Crippen molar-refractivity contribution in [2.24, 2.45) is 5.92 Å². The molecule has 0 spiro atoms. The van der Waals surface area contributed by atoms with Crippen LogP contribution in [0.25, 0.3) is 0 Å². The van der Waals surface area contributed by atoms with E-state index in [9.17, 15) is 4.79 Å². The van der Waals surface area contributed by atoms with Gasteiger partial charge in [-0.2, -0.15) is 0 Å². The SMILES string of the molecule is O=C([C@@H]1CCCN(Cc2ccco2)C1)N1CCC(Oc2ccncc2)CC1. The highest BCUT2D eigenvalue weighted by Gasteiger charge is 2.32. The summed E-state index contributed by atoms with van der Waals surface area (Å²) < 4.78 is 11.5. The number of ether oxygens (including phenoxy) is 1. The van der Waals surface area contributed by atoms with Crippen molar-refractivity contribution in [1.82, 2.24) is 14.8 Å². The fraction of sp³-hybridized carbons (Fsp3) is 0.524. The molecule has 0 aromatic carbocycles. The Balaban J connectivity index is 1.26. The quantitative estimate of drug-likeness (QED) is 0.811. The Bertz CT molecular complexity index is 712. The zero-order chi connectivity index (χ0) is 18.5. The predicted molar refractivity (Wildman–Crippen MR) is 101 cm³/mol. The normalized spacial score (nSPS) is 21.9. The van der Waals surface area contributed by atoms with Crippen molar-refractivity contribution in [2.75, 3.05) is 26.2 Å². The van der Waals surface area contributed by atoms with Gasteiger partial charge in [0.1, 0.15) is 17.6 Å². The van der Waals surface area contributed by atoms with Gasteiger partial charge in [0.05, 0.1) is 18.7 Å². The summed E-state index contributed by atoms with van der Waals surface area (Å²) in [5, 5.41) is 0. The highest BCUT2D eigenvalue weighted by Crippen LogP contribution is 2.24. The lowest BCUT2D eigenvalue weighted by molar-refractivity contribution is -0.139. The Morgan fingerprint density at radius 1 is 1.15 bits per heavy atom. The Morgan fingerprint density at radius 3 is 2.70 bits per heavy atom.